The van der Waals surface area contributed by atoms with Crippen LogP contribution in [0.25, 0.3) is 0 Å². The average Bonchev–Trinajstić information content (AvgIpc) is 2.80. The van der Waals surface area contributed by atoms with Crippen LogP contribution in [0, 0.1) is 0 Å². The van der Waals surface area contributed by atoms with Crippen molar-refractivity contribution in [2.24, 2.45) is 0 Å². The number of amides is 3. The highest BCUT2D eigenvalue weighted by molar-refractivity contribution is 6.06. The highest BCUT2D eigenvalue weighted by atomic mass is 16.2. The quantitative estimate of drug-likeness (QED) is 0.527. The molecule has 3 amide bonds. The molecule has 0 aliphatic rings. The molecule has 6 heteroatoms. The molecule has 0 saturated heterocycles. The molecule has 3 N–H and O–H groups in total. The largest absolute Gasteiger partial charge is 0.352 e. The van der Waals surface area contributed by atoms with Gasteiger partial charge >= 0.3 is 0 Å². The number of rotatable bonds is 8. The lowest BCUT2D eigenvalue weighted by atomic mass is 10.1. The summed E-state index contributed by atoms with van der Waals surface area (Å²) < 4.78 is 0. The van der Waals surface area contributed by atoms with Crippen LogP contribution in [0.2, 0.25) is 0 Å². The molecule has 0 aliphatic heterocycles. The first-order chi connectivity index (χ1) is 15.0. The Hall–Kier alpha value is -3.93. The molecule has 158 valence electrons. The molecule has 3 rings (SSSR count). The van der Waals surface area contributed by atoms with Crippen LogP contribution in [0.3, 0.4) is 0 Å². The molecule has 0 aliphatic carbocycles. The molecule has 0 saturated carbocycles. The van der Waals surface area contributed by atoms with Crippen LogP contribution >= 0.6 is 0 Å². The first-order valence-electron chi connectivity index (χ1n) is 10.1. The Morgan fingerprint density at radius 2 is 1.39 bits per heavy atom. The van der Waals surface area contributed by atoms with Crippen molar-refractivity contribution in [1.29, 1.82) is 0 Å². The maximum Gasteiger partial charge on any atom is 0.253 e. The monoisotopic (exact) mass is 415 g/mol. The summed E-state index contributed by atoms with van der Waals surface area (Å²) in [4.78, 5) is 37.5. The number of nitrogens with one attached hydrogen (secondary N) is 3. The minimum Gasteiger partial charge on any atom is -0.352 e. The second-order valence-corrected chi connectivity index (χ2v) is 7.09. The number of carbonyl (C=O) groups excluding carboxylic acids is 3. The lowest BCUT2D eigenvalue weighted by Crippen LogP contribution is -2.41. The summed E-state index contributed by atoms with van der Waals surface area (Å²) in [7, 11) is 0. The molecule has 0 fully saturated rings. The Balaban J connectivity index is 1.58. The number of benzene rings is 3. The van der Waals surface area contributed by atoms with E-state index in [1.807, 2.05) is 36.4 Å². The third-order valence-corrected chi connectivity index (χ3v) is 4.75. The lowest BCUT2D eigenvalue weighted by molar-refractivity contribution is -0.117. The summed E-state index contributed by atoms with van der Waals surface area (Å²) in [5.74, 6) is -1.02. The fourth-order valence-corrected chi connectivity index (χ4v) is 3.03. The summed E-state index contributed by atoms with van der Waals surface area (Å²) in [5.41, 5.74) is 2.36. The maximum absolute atomic E-state index is 12.6. The summed E-state index contributed by atoms with van der Waals surface area (Å²) >= 11 is 0. The van der Waals surface area contributed by atoms with Gasteiger partial charge in [0.25, 0.3) is 11.8 Å². The second kappa shape index (κ2) is 10.7. The van der Waals surface area contributed by atoms with E-state index >= 15 is 0 Å². The van der Waals surface area contributed by atoms with Gasteiger partial charge in [-0.2, -0.15) is 0 Å². The number of para-hydroxylation sites is 1. The van der Waals surface area contributed by atoms with E-state index < -0.39 is 11.9 Å². The van der Waals surface area contributed by atoms with E-state index in [2.05, 4.69) is 16.0 Å². The molecular formula is C25H25N3O3. The fourth-order valence-electron chi connectivity index (χ4n) is 3.03. The van der Waals surface area contributed by atoms with Crippen LogP contribution in [0.5, 0.6) is 0 Å². The summed E-state index contributed by atoms with van der Waals surface area (Å²) in [6, 6.07) is 24.6. The van der Waals surface area contributed by atoms with Gasteiger partial charge in [-0.15, -0.1) is 0 Å². The predicted octanol–water partition coefficient (Wildman–Crippen LogP) is 3.42. The van der Waals surface area contributed by atoms with Gasteiger partial charge < -0.3 is 16.0 Å². The van der Waals surface area contributed by atoms with Gasteiger partial charge in [-0.25, -0.2) is 0 Å². The lowest BCUT2D eigenvalue weighted by Gasteiger charge is -2.16. The van der Waals surface area contributed by atoms with Gasteiger partial charge in [-0.05, 0) is 43.2 Å². The summed E-state index contributed by atoms with van der Waals surface area (Å²) in [6.07, 6.45) is 0.712. The van der Waals surface area contributed by atoms with Crippen LogP contribution in [-0.2, 0) is 11.2 Å². The Morgan fingerprint density at radius 1 is 0.774 bits per heavy atom. The van der Waals surface area contributed by atoms with Gasteiger partial charge in [-0.3, -0.25) is 14.4 Å². The smallest absolute Gasteiger partial charge is 0.253 e. The van der Waals surface area contributed by atoms with E-state index in [9.17, 15) is 14.4 Å². The van der Waals surface area contributed by atoms with Crippen molar-refractivity contribution >= 4 is 23.4 Å². The maximum atomic E-state index is 12.6. The van der Waals surface area contributed by atoms with E-state index in [1.165, 1.54) is 0 Å². The van der Waals surface area contributed by atoms with Crippen molar-refractivity contribution in [3.63, 3.8) is 0 Å². The average molecular weight is 415 g/mol. The Morgan fingerprint density at radius 3 is 2.10 bits per heavy atom. The molecule has 0 bridgehead atoms. The van der Waals surface area contributed by atoms with Crippen molar-refractivity contribution in [2.75, 3.05) is 11.9 Å². The standard InChI is InChI=1S/C25H25N3O3/c1-18(27-24(30)20-12-6-3-7-13-20)23(29)28-22-15-9-8-14-21(22)25(31)26-17-16-19-10-4-2-5-11-19/h2-15,18H,16-17H2,1H3,(H,26,31)(H,27,30)(H,28,29). The normalized spacial score (nSPS) is 11.3. The van der Waals surface area contributed by atoms with Gasteiger partial charge in [-0.1, -0.05) is 60.7 Å². The van der Waals surface area contributed by atoms with E-state index in [1.54, 1.807) is 55.5 Å². The minimum absolute atomic E-state index is 0.271. The Labute approximate surface area is 181 Å². The molecule has 0 radical (unpaired) electrons. The van der Waals surface area contributed by atoms with Gasteiger partial charge in [0.1, 0.15) is 6.04 Å². The van der Waals surface area contributed by atoms with Crippen molar-refractivity contribution in [3.05, 3.63) is 102 Å². The van der Waals surface area contributed by atoms with Gasteiger partial charge in [0.05, 0.1) is 11.3 Å². The van der Waals surface area contributed by atoms with E-state index in [-0.39, 0.29) is 11.8 Å². The fraction of sp³-hybridized carbons (Fsp3) is 0.160. The third kappa shape index (κ3) is 6.27. The molecule has 3 aromatic carbocycles. The molecule has 31 heavy (non-hydrogen) atoms. The summed E-state index contributed by atoms with van der Waals surface area (Å²) in [6.45, 7) is 2.08. The second-order valence-electron chi connectivity index (χ2n) is 7.09. The van der Waals surface area contributed by atoms with E-state index in [0.29, 0.717) is 29.8 Å². The molecule has 0 aromatic heterocycles. The Bertz CT molecular complexity index is 1040. The van der Waals surface area contributed by atoms with E-state index in [0.717, 1.165) is 5.56 Å². The van der Waals surface area contributed by atoms with Gasteiger partial charge in [0, 0.05) is 12.1 Å². The van der Waals surface area contributed by atoms with Crippen molar-refractivity contribution in [3.8, 4) is 0 Å². The minimum atomic E-state index is -0.776. The zero-order chi connectivity index (χ0) is 22.1. The third-order valence-electron chi connectivity index (χ3n) is 4.75. The van der Waals surface area contributed by atoms with Crippen LogP contribution in [0.4, 0.5) is 5.69 Å². The van der Waals surface area contributed by atoms with Crippen molar-refractivity contribution < 1.29 is 14.4 Å². The van der Waals surface area contributed by atoms with Crippen LogP contribution in [0.15, 0.2) is 84.9 Å². The molecule has 3 aromatic rings. The molecule has 6 nitrogen and oxygen atoms in total. The van der Waals surface area contributed by atoms with Gasteiger partial charge in [0.15, 0.2) is 0 Å². The van der Waals surface area contributed by atoms with Crippen LogP contribution in [0.1, 0.15) is 33.2 Å². The SMILES string of the molecule is CC(NC(=O)c1ccccc1)C(=O)Nc1ccccc1C(=O)NCCc1ccccc1. The topological polar surface area (TPSA) is 87.3 Å². The van der Waals surface area contributed by atoms with Crippen LogP contribution < -0.4 is 16.0 Å². The zero-order valence-electron chi connectivity index (χ0n) is 17.3. The molecule has 1 atom stereocenters. The number of hydrogen-bond donors (Lipinski definition) is 3. The van der Waals surface area contributed by atoms with E-state index in [4.69, 9.17) is 0 Å². The first-order valence-corrected chi connectivity index (χ1v) is 10.1. The van der Waals surface area contributed by atoms with Crippen molar-refractivity contribution in [1.82, 2.24) is 10.6 Å². The van der Waals surface area contributed by atoms with Crippen molar-refractivity contribution in [2.45, 2.75) is 19.4 Å². The number of anilines is 1. The molecular weight excluding hydrogens is 390 g/mol. The number of carbonyl (C=O) groups is 3. The Kier molecular flexibility index (Phi) is 7.54. The first kappa shape index (κ1) is 21.8. The summed E-state index contributed by atoms with van der Waals surface area (Å²) in [5, 5.41) is 8.29. The van der Waals surface area contributed by atoms with Crippen LogP contribution in [-0.4, -0.2) is 30.3 Å². The highest BCUT2D eigenvalue weighted by Gasteiger charge is 2.19. The van der Waals surface area contributed by atoms with Gasteiger partial charge in [0.2, 0.25) is 5.91 Å². The molecule has 1 unspecified atom stereocenters. The predicted molar refractivity (Wildman–Crippen MR) is 121 cm³/mol. The number of hydrogen-bond acceptors (Lipinski definition) is 3. The highest BCUT2D eigenvalue weighted by Crippen LogP contribution is 2.15. The zero-order valence-corrected chi connectivity index (χ0v) is 17.3. The molecule has 0 heterocycles. The molecule has 0 spiro atoms.